The predicted molar refractivity (Wildman–Crippen MR) is 63.9 cm³/mol. The third kappa shape index (κ3) is 3.46. The van der Waals surface area contributed by atoms with Crippen molar-refractivity contribution in [2.75, 3.05) is 12.4 Å². The molecule has 1 aromatic heterocycles. The van der Waals surface area contributed by atoms with Crippen LogP contribution in [0.25, 0.3) is 0 Å². The lowest BCUT2D eigenvalue weighted by Crippen LogP contribution is -2.40. The smallest absolute Gasteiger partial charge is 0.242 e. The normalized spacial score (nSPS) is 12.5. The average Bonchev–Trinajstić information content (AvgIpc) is 2.14. The molecule has 0 aromatic carbocycles. The molecule has 0 fully saturated rings. The van der Waals surface area contributed by atoms with E-state index in [9.17, 15) is 8.42 Å². The molecule has 6 heteroatoms. The van der Waals surface area contributed by atoms with E-state index in [0.29, 0.717) is 5.82 Å². The first kappa shape index (κ1) is 12.9. The first-order chi connectivity index (χ1) is 7.24. The molecule has 0 aliphatic rings. The van der Waals surface area contributed by atoms with Crippen LogP contribution in [0, 0.1) is 0 Å². The van der Waals surface area contributed by atoms with Crippen molar-refractivity contribution in [2.24, 2.45) is 0 Å². The minimum Gasteiger partial charge on any atom is -0.373 e. The second-order valence-corrected chi connectivity index (χ2v) is 6.17. The first-order valence-corrected chi connectivity index (χ1v) is 6.41. The summed E-state index contributed by atoms with van der Waals surface area (Å²) >= 11 is 0. The summed E-state index contributed by atoms with van der Waals surface area (Å²) in [6.07, 6.45) is 1.33. The van der Waals surface area contributed by atoms with Gasteiger partial charge < -0.3 is 5.32 Å². The Balaban J connectivity index is 2.99. The van der Waals surface area contributed by atoms with Gasteiger partial charge in [-0.3, -0.25) is 0 Å². The Morgan fingerprint density at radius 3 is 2.25 bits per heavy atom. The van der Waals surface area contributed by atoms with Crippen molar-refractivity contribution >= 4 is 15.8 Å². The van der Waals surface area contributed by atoms with E-state index in [2.05, 4.69) is 15.0 Å². The van der Waals surface area contributed by atoms with Crippen LogP contribution in [0.5, 0.6) is 0 Å². The minimum absolute atomic E-state index is 0.168. The lowest BCUT2D eigenvalue weighted by molar-refractivity contribution is 0.491. The van der Waals surface area contributed by atoms with Gasteiger partial charge in [-0.2, -0.15) is 0 Å². The summed E-state index contributed by atoms with van der Waals surface area (Å²) < 4.78 is 26.3. The van der Waals surface area contributed by atoms with E-state index in [1.54, 1.807) is 33.9 Å². The molecule has 1 aromatic rings. The zero-order valence-corrected chi connectivity index (χ0v) is 10.7. The number of aromatic nitrogens is 1. The summed E-state index contributed by atoms with van der Waals surface area (Å²) in [6.45, 7) is 5.37. The third-order valence-electron chi connectivity index (χ3n) is 1.74. The quantitative estimate of drug-likeness (QED) is 0.837. The van der Waals surface area contributed by atoms with E-state index >= 15 is 0 Å². The number of rotatable bonds is 3. The fourth-order valence-electron chi connectivity index (χ4n) is 1.15. The van der Waals surface area contributed by atoms with Crippen molar-refractivity contribution in [1.29, 1.82) is 0 Å². The molecule has 0 amide bonds. The van der Waals surface area contributed by atoms with E-state index in [0.717, 1.165) is 0 Å². The average molecular weight is 243 g/mol. The SMILES string of the molecule is CNc1ccc(S(=O)(=O)NC(C)(C)C)cn1. The van der Waals surface area contributed by atoms with Crippen molar-refractivity contribution in [2.45, 2.75) is 31.2 Å². The molecule has 0 saturated carbocycles. The molecule has 2 N–H and O–H groups in total. The molecule has 0 radical (unpaired) electrons. The number of sulfonamides is 1. The number of pyridine rings is 1. The van der Waals surface area contributed by atoms with Gasteiger partial charge in [0, 0.05) is 18.8 Å². The highest BCUT2D eigenvalue weighted by Crippen LogP contribution is 2.13. The standard InChI is InChI=1S/C10H17N3O2S/c1-10(2,3)13-16(14,15)8-5-6-9(11-4)12-7-8/h5-7,13H,1-4H3,(H,11,12). The summed E-state index contributed by atoms with van der Waals surface area (Å²) in [4.78, 5) is 4.13. The van der Waals surface area contributed by atoms with E-state index in [1.165, 1.54) is 12.3 Å². The summed E-state index contributed by atoms with van der Waals surface area (Å²) in [5.74, 6) is 0.634. The molecule has 1 rings (SSSR count). The molecule has 0 aliphatic carbocycles. The maximum absolute atomic E-state index is 11.9. The summed E-state index contributed by atoms with van der Waals surface area (Å²) in [5.41, 5.74) is -0.499. The van der Waals surface area contributed by atoms with Gasteiger partial charge in [0.2, 0.25) is 10.0 Å². The molecular formula is C10H17N3O2S. The molecule has 90 valence electrons. The number of nitrogens with one attached hydrogen (secondary N) is 2. The summed E-state index contributed by atoms with van der Waals surface area (Å²) in [6, 6.07) is 3.14. The number of anilines is 1. The summed E-state index contributed by atoms with van der Waals surface area (Å²) in [5, 5.41) is 2.83. The van der Waals surface area contributed by atoms with Gasteiger partial charge in [0.15, 0.2) is 0 Å². The minimum atomic E-state index is -3.48. The number of hydrogen-bond donors (Lipinski definition) is 2. The van der Waals surface area contributed by atoms with E-state index in [1.807, 2.05) is 0 Å². The second-order valence-electron chi connectivity index (χ2n) is 4.48. The van der Waals surface area contributed by atoms with Crippen LogP contribution in [-0.2, 0) is 10.0 Å². The van der Waals surface area contributed by atoms with E-state index in [4.69, 9.17) is 0 Å². The van der Waals surface area contributed by atoms with Gasteiger partial charge >= 0.3 is 0 Å². The largest absolute Gasteiger partial charge is 0.373 e. The van der Waals surface area contributed by atoms with Gasteiger partial charge in [-0.1, -0.05) is 0 Å². The Morgan fingerprint density at radius 1 is 1.25 bits per heavy atom. The molecule has 0 aliphatic heterocycles. The van der Waals surface area contributed by atoms with Crippen LogP contribution < -0.4 is 10.0 Å². The highest BCUT2D eigenvalue weighted by atomic mass is 32.2. The van der Waals surface area contributed by atoms with E-state index < -0.39 is 15.6 Å². The Morgan fingerprint density at radius 2 is 1.88 bits per heavy atom. The predicted octanol–water partition coefficient (Wildman–Crippen LogP) is 1.20. The van der Waals surface area contributed by atoms with Crippen LogP contribution in [0.15, 0.2) is 23.2 Å². The Labute approximate surface area is 96.3 Å². The first-order valence-electron chi connectivity index (χ1n) is 4.92. The fourth-order valence-corrected chi connectivity index (χ4v) is 2.51. The van der Waals surface area contributed by atoms with Crippen LogP contribution in [0.2, 0.25) is 0 Å². The fraction of sp³-hybridized carbons (Fsp3) is 0.500. The van der Waals surface area contributed by atoms with Crippen LogP contribution in [0.1, 0.15) is 20.8 Å². The number of nitrogens with zero attached hydrogens (tertiary/aromatic N) is 1. The van der Waals surface area contributed by atoms with Crippen molar-refractivity contribution in [3.63, 3.8) is 0 Å². The van der Waals surface area contributed by atoms with Gasteiger partial charge in [0.1, 0.15) is 10.7 Å². The van der Waals surface area contributed by atoms with Crippen molar-refractivity contribution in [3.05, 3.63) is 18.3 Å². The molecule has 0 bridgehead atoms. The molecule has 0 spiro atoms. The van der Waals surface area contributed by atoms with Crippen LogP contribution in [0.4, 0.5) is 5.82 Å². The maximum atomic E-state index is 11.9. The maximum Gasteiger partial charge on any atom is 0.242 e. The monoisotopic (exact) mass is 243 g/mol. The summed E-state index contributed by atoms with van der Waals surface area (Å²) in [7, 11) is -1.76. The lowest BCUT2D eigenvalue weighted by atomic mass is 10.1. The molecule has 1 heterocycles. The van der Waals surface area contributed by atoms with Crippen LogP contribution in [-0.4, -0.2) is 26.0 Å². The van der Waals surface area contributed by atoms with Crippen molar-refractivity contribution < 1.29 is 8.42 Å². The van der Waals surface area contributed by atoms with Crippen molar-refractivity contribution in [3.8, 4) is 0 Å². The zero-order valence-electron chi connectivity index (χ0n) is 9.90. The molecule has 5 nitrogen and oxygen atoms in total. The lowest BCUT2D eigenvalue weighted by Gasteiger charge is -2.20. The number of hydrogen-bond acceptors (Lipinski definition) is 4. The zero-order chi connectivity index (χ0) is 12.4. The molecule has 0 saturated heterocycles. The Hall–Kier alpha value is -1.14. The highest BCUT2D eigenvalue weighted by Gasteiger charge is 2.21. The van der Waals surface area contributed by atoms with Crippen molar-refractivity contribution in [1.82, 2.24) is 9.71 Å². The van der Waals surface area contributed by atoms with Gasteiger partial charge in [-0.25, -0.2) is 18.1 Å². The van der Waals surface area contributed by atoms with Crippen LogP contribution in [0.3, 0.4) is 0 Å². The molecule has 16 heavy (non-hydrogen) atoms. The van der Waals surface area contributed by atoms with Gasteiger partial charge in [-0.05, 0) is 32.9 Å². The highest BCUT2D eigenvalue weighted by molar-refractivity contribution is 7.89. The molecule has 0 unspecified atom stereocenters. The molecule has 0 atom stereocenters. The van der Waals surface area contributed by atoms with Gasteiger partial charge in [0.25, 0.3) is 0 Å². The third-order valence-corrected chi connectivity index (χ3v) is 3.49. The second kappa shape index (κ2) is 4.39. The topological polar surface area (TPSA) is 71.1 Å². The Bertz CT molecular complexity index is 446. The van der Waals surface area contributed by atoms with Gasteiger partial charge in [0.05, 0.1) is 0 Å². The molecular weight excluding hydrogens is 226 g/mol. The Kier molecular flexibility index (Phi) is 3.54. The van der Waals surface area contributed by atoms with Crippen LogP contribution >= 0.6 is 0 Å². The van der Waals surface area contributed by atoms with E-state index in [-0.39, 0.29) is 4.90 Å². The van der Waals surface area contributed by atoms with Gasteiger partial charge in [-0.15, -0.1) is 0 Å².